The van der Waals surface area contributed by atoms with Gasteiger partial charge in [-0.05, 0) is 41.8 Å². The lowest BCUT2D eigenvalue weighted by molar-refractivity contribution is 0.126. The Morgan fingerprint density at radius 2 is 1.52 bits per heavy atom. The van der Waals surface area contributed by atoms with Crippen molar-refractivity contribution in [1.29, 1.82) is 0 Å². The number of unbranched alkanes of at least 4 members (excludes halogenated alkanes) is 2. The van der Waals surface area contributed by atoms with Crippen molar-refractivity contribution in [2.45, 2.75) is 32.4 Å². The number of aryl methyl sites for hydroxylation is 1. The molecule has 0 N–H and O–H groups in total. The Morgan fingerprint density at radius 1 is 0.741 bits per heavy atom. The molecule has 27 heavy (non-hydrogen) atoms. The Balaban J connectivity index is 1.18. The van der Waals surface area contributed by atoms with Crippen LogP contribution < -0.4 is 0 Å². The van der Waals surface area contributed by atoms with Gasteiger partial charge < -0.3 is 4.90 Å². The van der Waals surface area contributed by atoms with E-state index in [9.17, 15) is 0 Å². The minimum absolute atomic E-state index is 1.05. The molecule has 4 rings (SSSR count). The summed E-state index contributed by atoms with van der Waals surface area (Å²) in [6.45, 7) is 8.10. The number of nitrogens with zero attached hydrogens (tertiary/aromatic N) is 4. The Morgan fingerprint density at radius 3 is 2.37 bits per heavy atom. The zero-order valence-electron chi connectivity index (χ0n) is 16.1. The van der Waals surface area contributed by atoms with Gasteiger partial charge in [-0.2, -0.15) is 5.10 Å². The molecule has 0 saturated carbocycles. The van der Waals surface area contributed by atoms with Crippen LogP contribution in [0.5, 0.6) is 0 Å². The third kappa shape index (κ3) is 4.96. The van der Waals surface area contributed by atoms with Crippen LogP contribution in [0, 0.1) is 0 Å². The molecule has 1 saturated heterocycles. The van der Waals surface area contributed by atoms with Crippen molar-refractivity contribution in [1.82, 2.24) is 19.6 Å². The molecular weight excluding hydrogens is 332 g/mol. The molecular formula is C23H30N4. The van der Waals surface area contributed by atoms with Crippen LogP contribution in [-0.2, 0) is 13.1 Å². The predicted molar refractivity (Wildman–Crippen MR) is 112 cm³/mol. The van der Waals surface area contributed by atoms with E-state index in [1.807, 2.05) is 16.9 Å². The average molecular weight is 363 g/mol. The van der Waals surface area contributed by atoms with E-state index in [1.54, 1.807) is 0 Å². The van der Waals surface area contributed by atoms with E-state index in [0.717, 1.165) is 13.1 Å². The van der Waals surface area contributed by atoms with Gasteiger partial charge in [0.05, 0.1) is 0 Å². The van der Waals surface area contributed by atoms with Crippen molar-refractivity contribution < 1.29 is 0 Å². The molecule has 0 amide bonds. The average Bonchev–Trinajstić information content (AvgIpc) is 3.23. The third-order valence-electron chi connectivity index (χ3n) is 5.66. The first-order chi connectivity index (χ1) is 13.4. The van der Waals surface area contributed by atoms with Gasteiger partial charge in [-0.15, -0.1) is 0 Å². The van der Waals surface area contributed by atoms with E-state index in [0.29, 0.717) is 0 Å². The molecule has 142 valence electrons. The van der Waals surface area contributed by atoms with E-state index >= 15 is 0 Å². The van der Waals surface area contributed by atoms with Crippen molar-refractivity contribution >= 4 is 10.8 Å². The normalized spacial score (nSPS) is 16.1. The van der Waals surface area contributed by atoms with Gasteiger partial charge in [0.25, 0.3) is 0 Å². The molecule has 0 unspecified atom stereocenters. The smallest absolute Gasteiger partial charge is 0.0489 e. The highest BCUT2D eigenvalue weighted by Crippen LogP contribution is 2.20. The highest BCUT2D eigenvalue weighted by molar-refractivity contribution is 5.85. The monoisotopic (exact) mass is 362 g/mol. The SMILES string of the molecule is c1ccc2c(CN3CCN(CCCCCn4cccn4)CC3)cccc2c1. The summed E-state index contributed by atoms with van der Waals surface area (Å²) < 4.78 is 2.03. The fourth-order valence-electron chi connectivity index (χ4n) is 4.06. The third-order valence-corrected chi connectivity index (χ3v) is 5.66. The first-order valence-corrected chi connectivity index (χ1v) is 10.3. The summed E-state index contributed by atoms with van der Waals surface area (Å²) in [5.74, 6) is 0. The fourth-order valence-corrected chi connectivity index (χ4v) is 4.06. The fraction of sp³-hybridized carbons (Fsp3) is 0.435. The summed E-state index contributed by atoms with van der Waals surface area (Å²) in [5.41, 5.74) is 1.46. The maximum Gasteiger partial charge on any atom is 0.0489 e. The second-order valence-corrected chi connectivity index (χ2v) is 7.59. The van der Waals surface area contributed by atoms with E-state index in [-0.39, 0.29) is 0 Å². The molecule has 1 aromatic heterocycles. The molecule has 0 bridgehead atoms. The van der Waals surface area contributed by atoms with Gasteiger partial charge in [-0.3, -0.25) is 9.58 Å². The molecule has 3 aromatic rings. The van der Waals surface area contributed by atoms with E-state index in [1.165, 1.54) is 68.3 Å². The predicted octanol–water partition coefficient (Wildman–Crippen LogP) is 4.02. The number of fused-ring (bicyclic) bond motifs is 1. The summed E-state index contributed by atoms with van der Waals surface area (Å²) in [6, 6.07) is 17.4. The van der Waals surface area contributed by atoms with Crippen LogP contribution in [0.25, 0.3) is 10.8 Å². The van der Waals surface area contributed by atoms with E-state index in [4.69, 9.17) is 0 Å². The standard InChI is InChI=1S/C23H30N4/c1(5-14-27-15-7-12-24-27)4-13-25-16-18-26(19-17-25)20-22-10-6-9-21-8-2-3-11-23(21)22/h2-3,6-12,15H,1,4-5,13-14,16-20H2. The van der Waals surface area contributed by atoms with Crippen LogP contribution in [0.2, 0.25) is 0 Å². The van der Waals surface area contributed by atoms with Gasteiger partial charge in [-0.1, -0.05) is 48.9 Å². The molecule has 0 spiro atoms. The minimum Gasteiger partial charge on any atom is -0.301 e. The van der Waals surface area contributed by atoms with Crippen molar-refractivity contribution in [2.24, 2.45) is 0 Å². The summed E-state index contributed by atoms with van der Waals surface area (Å²) in [6.07, 6.45) is 7.72. The first-order valence-electron chi connectivity index (χ1n) is 10.3. The molecule has 1 fully saturated rings. The molecule has 4 nitrogen and oxygen atoms in total. The molecule has 0 aliphatic carbocycles. The summed E-state index contributed by atoms with van der Waals surface area (Å²) in [5, 5.41) is 7.02. The lowest BCUT2D eigenvalue weighted by Gasteiger charge is -2.35. The van der Waals surface area contributed by atoms with Crippen LogP contribution in [-0.4, -0.2) is 52.3 Å². The summed E-state index contributed by atoms with van der Waals surface area (Å²) >= 11 is 0. The highest BCUT2D eigenvalue weighted by Gasteiger charge is 2.17. The van der Waals surface area contributed by atoms with E-state index < -0.39 is 0 Å². The number of hydrogen-bond donors (Lipinski definition) is 0. The van der Waals surface area contributed by atoms with Crippen LogP contribution in [0.4, 0.5) is 0 Å². The zero-order chi connectivity index (χ0) is 18.3. The second kappa shape index (κ2) is 9.16. The first kappa shape index (κ1) is 18.2. The highest BCUT2D eigenvalue weighted by atomic mass is 15.3. The van der Waals surface area contributed by atoms with Crippen LogP contribution in [0.1, 0.15) is 24.8 Å². The number of benzene rings is 2. The summed E-state index contributed by atoms with van der Waals surface area (Å²) in [4.78, 5) is 5.24. The Hall–Kier alpha value is -2.17. The van der Waals surface area contributed by atoms with Gasteiger partial charge >= 0.3 is 0 Å². The van der Waals surface area contributed by atoms with Crippen LogP contribution in [0.15, 0.2) is 60.9 Å². The van der Waals surface area contributed by atoms with Gasteiger partial charge in [0.1, 0.15) is 0 Å². The Bertz CT molecular complexity index is 814. The van der Waals surface area contributed by atoms with Crippen molar-refractivity contribution in [3.8, 4) is 0 Å². The van der Waals surface area contributed by atoms with Crippen molar-refractivity contribution in [3.05, 3.63) is 66.5 Å². The van der Waals surface area contributed by atoms with Gasteiger partial charge in [-0.25, -0.2) is 0 Å². The maximum atomic E-state index is 4.27. The van der Waals surface area contributed by atoms with Crippen LogP contribution in [0.3, 0.4) is 0 Å². The topological polar surface area (TPSA) is 24.3 Å². The number of aromatic nitrogens is 2. The quantitative estimate of drug-likeness (QED) is 0.566. The largest absolute Gasteiger partial charge is 0.301 e. The molecule has 4 heteroatoms. The van der Waals surface area contributed by atoms with Gasteiger partial charge in [0.15, 0.2) is 0 Å². The van der Waals surface area contributed by atoms with Crippen molar-refractivity contribution in [2.75, 3.05) is 32.7 Å². The number of hydrogen-bond acceptors (Lipinski definition) is 3. The molecule has 2 aromatic carbocycles. The Labute approximate surface area is 162 Å². The van der Waals surface area contributed by atoms with Crippen molar-refractivity contribution in [3.63, 3.8) is 0 Å². The van der Waals surface area contributed by atoms with Gasteiger partial charge in [0.2, 0.25) is 0 Å². The minimum atomic E-state index is 1.05. The van der Waals surface area contributed by atoms with Crippen LogP contribution >= 0.6 is 0 Å². The maximum absolute atomic E-state index is 4.27. The number of rotatable bonds is 8. The van der Waals surface area contributed by atoms with E-state index in [2.05, 4.69) is 63.6 Å². The summed E-state index contributed by atoms with van der Waals surface area (Å²) in [7, 11) is 0. The molecule has 2 heterocycles. The lowest BCUT2D eigenvalue weighted by atomic mass is 10.0. The number of piperazine rings is 1. The Kier molecular flexibility index (Phi) is 6.17. The molecule has 1 aliphatic heterocycles. The van der Waals surface area contributed by atoms with Gasteiger partial charge in [0, 0.05) is 51.7 Å². The molecule has 0 radical (unpaired) electrons. The molecule has 1 aliphatic rings. The molecule has 0 atom stereocenters. The second-order valence-electron chi connectivity index (χ2n) is 7.59. The zero-order valence-corrected chi connectivity index (χ0v) is 16.1. The lowest BCUT2D eigenvalue weighted by Crippen LogP contribution is -2.46.